The summed E-state index contributed by atoms with van der Waals surface area (Å²) in [5.41, 5.74) is 9.31. The molecule has 5 nitrogen and oxygen atoms in total. The number of nitrogens with zero attached hydrogens (tertiary/aromatic N) is 4. The molecule has 0 saturated carbocycles. The number of fused-ring (bicyclic) bond motifs is 1. The summed E-state index contributed by atoms with van der Waals surface area (Å²) in [4.78, 5) is 4.58. The number of hydrogen-bond acceptors (Lipinski definition) is 3. The number of unbranched alkanes of at least 4 members (excludes halogenated alkanes) is 1. The van der Waals surface area contributed by atoms with Gasteiger partial charge in [-0.3, -0.25) is 9.25 Å². The molecule has 0 amide bonds. The highest BCUT2D eigenvalue weighted by Crippen LogP contribution is 2.25. The second-order valence-electron chi connectivity index (χ2n) is 5.99. The van der Waals surface area contributed by atoms with Crippen molar-refractivity contribution < 1.29 is 0 Å². The molecule has 2 N–H and O–H groups in total. The van der Waals surface area contributed by atoms with Gasteiger partial charge in [0.25, 0.3) is 0 Å². The Labute approximate surface area is 127 Å². The van der Waals surface area contributed by atoms with Gasteiger partial charge >= 0.3 is 0 Å². The van der Waals surface area contributed by atoms with Crippen molar-refractivity contribution in [3.63, 3.8) is 0 Å². The van der Waals surface area contributed by atoms with Crippen molar-refractivity contribution in [2.24, 2.45) is 13.0 Å². The van der Waals surface area contributed by atoms with Gasteiger partial charge in [-0.25, -0.2) is 4.98 Å². The van der Waals surface area contributed by atoms with Crippen LogP contribution in [-0.2, 0) is 20.0 Å². The van der Waals surface area contributed by atoms with E-state index in [0.29, 0.717) is 11.9 Å². The summed E-state index contributed by atoms with van der Waals surface area (Å²) in [6, 6.07) is 0. The van der Waals surface area contributed by atoms with Crippen LogP contribution in [0.2, 0.25) is 0 Å². The summed E-state index contributed by atoms with van der Waals surface area (Å²) in [7, 11) is 1.99. The molecule has 2 aromatic rings. The average Bonchev–Trinajstić information content (AvgIpc) is 2.94. The summed E-state index contributed by atoms with van der Waals surface area (Å²) < 4.78 is 4.10. The van der Waals surface area contributed by atoms with E-state index in [0.717, 1.165) is 36.2 Å². The van der Waals surface area contributed by atoms with Crippen molar-refractivity contribution in [1.82, 2.24) is 19.3 Å². The van der Waals surface area contributed by atoms with Gasteiger partial charge in [0.05, 0.1) is 5.69 Å². The molecule has 0 radical (unpaired) electrons. The molecule has 0 aliphatic carbocycles. The Morgan fingerprint density at radius 2 is 1.95 bits per heavy atom. The monoisotopic (exact) mass is 291 g/mol. The van der Waals surface area contributed by atoms with Gasteiger partial charge in [0.1, 0.15) is 5.52 Å². The Bertz CT molecular complexity index is 581. The second-order valence-corrected chi connectivity index (χ2v) is 5.99. The van der Waals surface area contributed by atoms with E-state index in [9.17, 15) is 0 Å². The molecule has 118 valence electrons. The molecule has 2 heterocycles. The van der Waals surface area contributed by atoms with Crippen molar-refractivity contribution in [1.29, 1.82) is 0 Å². The fourth-order valence-electron chi connectivity index (χ4n) is 3.02. The maximum Gasteiger partial charge on any atom is 0.202 e. The third-order valence-electron chi connectivity index (χ3n) is 4.29. The summed E-state index contributed by atoms with van der Waals surface area (Å²) in [5.74, 6) is 1.29. The molecule has 0 aliphatic rings. The number of imidazole rings is 1. The van der Waals surface area contributed by atoms with Crippen LogP contribution in [0.3, 0.4) is 0 Å². The third kappa shape index (κ3) is 3.22. The molecule has 0 aliphatic heterocycles. The third-order valence-corrected chi connectivity index (χ3v) is 4.29. The number of aromatic nitrogens is 4. The van der Waals surface area contributed by atoms with Crippen LogP contribution in [0.5, 0.6) is 0 Å². The summed E-state index contributed by atoms with van der Waals surface area (Å²) in [5, 5.41) is 4.61. The summed E-state index contributed by atoms with van der Waals surface area (Å²) in [6.45, 7) is 7.62. The molecule has 0 bridgehead atoms. The first-order valence-electron chi connectivity index (χ1n) is 8.29. The smallest absolute Gasteiger partial charge is 0.202 e. The summed E-state index contributed by atoms with van der Waals surface area (Å²) in [6.07, 6.45) is 7.00. The largest absolute Gasteiger partial charge is 0.369 e. The maximum absolute atomic E-state index is 6.17. The van der Waals surface area contributed by atoms with E-state index in [1.54, 1.807) is 0 Å². The van der Waals surface area contributed by atoms with Gasteiger partial charge in [-0.2, -0.15) is 5.10 Å². The van der Waals surface area contributed by atoms with Gasteiger partial charge in [-0.05, 0) is 18.8 Å². The molecule has 0 aromatic carbocycles. The van der Waals surface area contributed by atoms with Crippen LogP contribution in [0.4, 0.5) is 5.95 Å². The maximum atomic E-state index is 6.17. The summed E-state index contributed by atoms with van der Waals surface area (Å²) >= 11 is 0. The highest BCUT2D eigenvalue weighted by atomic mass is 15.3. The molecule has 0 fully saturated rings. The van der Waals surface area contributed by atoms with Crippen LogP contribution < -0.4 is 5.73 Å². The van der Waals surface area contributed by atoms with Gasteiger partial charge in [0.15, 0.2) is 5.65 Å². The zero-order valence-corrected chi connectivity index (χ0v) is 13.9. The van der Waals surface area contributed by atoms with Gasteiger partial charge < -0.3 is 5.73 Å². The predicted molar refractivity (Wildman–Crippen MR) is 88.2 cm³/mol. The molecule has 1 unspecified atom stereocenters. The predicted octanol–water partition coefficient (Wildman–Crippen LogP) is 3.52. The van der Waals surface area contributed by atoms with E-state index >= 15 is 0 Å². The normalized spacial score (nSPS) is 13.1. The number of rotatable bonds is 8. The molecular formula is C16H29N5. The number of nitrogens with two attached hydrogens (primary N) is 1. The lowest BCUT2D eigenvalue weighted by Gasteiger charge is -2.16. The van der Waals surface area contributed by atoms with Gasteiger partial charge in [0.2, 0.25) is 5.95 Å². The van der Waals surface area contributed by atoms with E-state index in [4.69, 9.17) is 5.73 Å². The highest BCUT2D eigenvalue weighted by molar-refractivity contribution is 5.77. The first-order valence-corrected chi connectivity index (χ1v) is 8.29. The lowest BCUT2D eigenvalue weighted by atomic mass is 9.99. The fourth-order valence-corrected chi connectivity index (χ4v) is 3.02. The van der Waals surface area contributed by atoms with Crippen LogP contribution in [0.1, 0.15) is 58.6 Å². The number of hydrogen-bond donors (Lipinski definition) is 1. The molecule has 1 atom stereocenters. The Balaban J connectivity index is 2.32. The quantitative estimate of drug-likeness (QED) is 0.809. The van der Waals surface area contributed by atoms with Crippen LogP contribution in [0.25, 0.3) is 11.2 Å². The van der Waals surface area contributed by atoms with Gasteiger partial charge in [-0.1, -0.05) is 46.5 Å². The van der Waals surface area contributed by atoms with E-state index in [2.05, 4.69) is 35.4 Å². The Morgan fingerprint density at radius 3 is 2.57 bits per heavy atom. The molecule has 21 heavy (non-hydrogen) atoms. The van der Waals surface area contributed by atoms with Crippen molar-refractivity contribution in [2.75, 3.05) is 5.73 Å². The zero-order chi connectivity index (χ0) is 15.4. The molecule has 0 saturated heterocycles. The van der Waals surface area contributed by atoms with Gasteiger partial charge in [0, 0.05) is 13.6 Å². The lowest BCUT2D eigenvalue weighted by molar-refractivity contribution is 0.395. The highest BCUT2D eigenvalue weighted by Gasteiger charge is 2.19. The van der Waals surface area contributed by atoms with Crippen molar-refractivity contribution in [2.45, 2.75) is 65.8 Å². The van der Waals surface area contributed by atoms with Crippen LogP contribution >= 0.6 is 0 Å². The standard InChI is InChI=1S/C16H29N5/c1-5-8-10-12(7-3)11-21-15-14(18-16(21)17)13(9-6-2)19-20(15)4/h12H,5-11H2,1-4H3,(H2,17,18). The Kier molecular flexibility index (Phi) is 5.26. The van der Waals surface area contributed by atoms with Crippen molar-refractivity contribution in [3.8, 4) is 0 Å². The zero-order valence-electron chi connectivity index (χ0n) is 13.9. The van der Waals surface area contributed by atoms with E-state index in [1.165, 1.54) is 25.7 Å². The first-order chi connectivity index (χ1) is 10.1. The molecule has 2 rings (SSSR count). The average molecular weight is 291 g/mol. The fraction of sp³-hybridized carbons (Fsp3) is 0.750. The minimum absolute atomic E-state index is 0.630. The topological polar surface area (TPSA) is 61.7 Å². The Hall–Kier alpha value is -1.52. The van der Waals surface area contributed by atoms with E-state index in [-0.39, 0.29) is 0 Å². The minimum Gasteiger partial charge on any atom is -0.369 e. The van der Waals surface area contributed by atoms with Crippen LogP contribution in [-0.4, -0.2) is 19.3 Å². The van der Waals surface area contributed by atoms with Gasteiger partial charge in [-0.15, -0.1) is 0 Å². The van der Waals surface area contributed by atoms with E-state index in [1.807, 2.05) is 11.7 Å². The lowest BCUT2D eigenvalue weighted by Crippen LogP contribution is -2.14. The van der Waals surface area contributed by atoms with Crippen LogP contribution in [0, 0.1) is 5.92 Å². The minimum atomic E-state index is 0.630. The molecule has 0 spiro atoms. The SMILES string of the molecule is CCCCC(CC)Cn1c(N)nc2c(CCC)nn(C)c21. The number of aryl methyl sites for hydroxylation is 2. The first kappa shape index (κ1) is 15.9. The van der Waals surface area contributed by atoms with Crippen molar-refractivity contribution in [3.05, 3.63) is 5.69 Å². The molecular weight excluding hydrogens is 262 g/mol. The molecule has 2 aromatic heterocycles. The van der Waals surface area contributed by atoms with E-state index < -0.39 is 0 Å². The Morgan fingerprint density at radius 1 is 1.19 bits per heavy atom. The number of anilines is 1. The second kappa shape index (κ2) is 6.96. The van der Waals surface area contributed by atoms with Crippen LogP contribution in [0.15, 0.2) is 0 Å². The number of nitrogen functional groups attached to an aromatic ring is 1. The van der Waals surface area contributed by atoms with Crippen molar-refractivity contribution >= 4 is 17.1 Å². The molecule has 5 heteroatoms.